The van der Waals surface area contributed by atoms with Crippen LogP contribution in [0.5, 0.6) is 5.75 Å². The van der Waals surface area contributed by atoms with Gasteiger partial charge in [0.15, 0.2) is 0 Å². The Kier molecular flexibility index (Phi) is 5.16. The van der Waals surface area contributed by atoms with Crippen LogP contribution in [0.2, 0.25) is 0 Å². The molecule has 3 N–H and O–H groups in total. The average molecular weight is 250 g/mol. The van der Waals surface area contributed by atoms with Crippen molar-refractivity contribution in [1.29, 1.82) is 0 Å². The van der Waals surface area contributed by atoms with Gasteiger partial charge in [-0.25, -0.2) is 0 Å². The molecule has 1 unspecified atom stereocenters. The zero-order chi connectivity index (χ0) is 13.7. The molecule has 0 fully saturated rings. The van der Waals surface area contributed by atoms with Gasteiger partial charge in [-0.3, -0.25) is 4.79 Å². The maximum absolute atomic E-state index is 11.8. The molecule has 0 aromatic heterocycles. The lowest BCUT2D eigenvalue weighted by Gasteiger charge is -2.14. The lowest BCUT2D eigenvalue weighted by atomic mass is 10.1. The van der Waals surface area contributed by atoms with Gasteiger partial charge < -0.3 is 15.8 Å². The van der Waals surface area contributed by atoms with Crippen LogP contribution < -0.4 is 15.8 Å². The predicted octanol–water partition coefficient (Wildman–Crippen LogP) is 2.38. The van der Waals surface area contributed by atoms with Gasteiger partial charge in [0.05, 0.1) is 12.8 Å². The van der Waals surface area contributed by atoms with Crippen molar-refractivity contribution in [2.24, 2.45) is 5.73 Å². The Morgan fingerprint density at radius 1 is 1.44 bits per heavy atom. The summed E-state index contributed by atoms with van der Waals surface area (Å²) in [4.78, 5) is 11.8. The molecule has 1 rings (SSSR count). The molecule has 1 amide bonds. The van der Waals surface area contributed by atoms with Crippen molar-refractivity contribution < 1.29 is 9.53 Å². The van der Waals surface area contributed by atoms with E-state index in [-0.39, 0.29) is 11.9 Å². The van der Waals surface area contributed by atoms with E-state index in [9.17, 15) is 4.79 Å². The maximum Gasteiger partial charge on any atom is 0.224 e. The van der Waals surface area contributed by atoms with Crippen LogP contribution >= 0.6 is 0 Å². The molecular formula is C14H22N2O2. The molecule has 4 nitrogen and oxygen atoms in total. The molecule has 0 saturated carbocycles. The normalized spacial score (nSPS) is 12.1. The van der Waals surface area contributed by atoms with Crippen LogP contribution in [0.25, 0.3) is 0 Å². The van der Waals surface area contributed by atoms with Crippen molar-refractivity contribution in [2.45, 2.75) is 39.7 Å². The van der Waals surface area contributed by atoms with Gasteiger partial charge in [-0.15, -0.1) is 0 Å². The van der Waals surface area contributed by atoms with Crippen molar-refractivity contribution in [3.05, 3.63) is 23.3 Å². The third kappa shape index (κ3) is 4.04. The van der Waals surface area contributed by atoms with Gasteiger partial charge in [0.1, 0.15) is 5.75 Å². The minimum absolute atomic E-state index is 0.0300. The number of amides is 1. The Balaban J connectivity index is 2.80. The number of hydrogen-bond donors (Lipinski definition) is 2. The highest BCUT2D eigenvalue weighted by atomic mass is 16.5. The predicted molar refractivity (Wildman–Crippen MR) is 74.0 cm³/mol. The lowest BCUT2D eigenvalue weighted by molar-refractivity contribution is -0.116. The standard InChI is InChI=1S/C14H22N2O2/c1-9-7-10(2)14(12(8-9)18-4)16-13(17)6-5-11(3)15/h7-8,11H,5-6,15H2,1-4H3,(H,16,17). The number of nitrogens with two attached hydrogens (primary N) is 1. The molecule has 1 aromatic carbocycles. The Hall–Kier alpha value is -1.55. The van der Waals surface area contributed by atoms with Gasteiger partial charge in [0.2, 0.25) is 5.91 Å². The summed E-state index contributed by atoms with van der Waals surface area (Å²) in [5, 5.41) is 2.89. The van der Waals surface area contributed by atoms with Crippen LogP contribution in [-0.2, 0) is 4.79 Å². The topological polar surface area (TPSA) is 64.3 Å². The van der Waals surface area contributed by atoms with E-state index in [1.165, 1.54) is 0 Å². The summed E-state index contributed by atoms with van der Waals surface area (Å²) in [7, 11) is 1.60. The fourth-order valence-electron chi connectivity index (χ4n) is 1.81. The lowest BCUT2D eigenvalue weighted by Crippen LogP contribution is -2.20. The van der Waals surface area contributed by atoms with Gasteiger partial charge in [-0.1, -0.05) is 6.07 Å². The summed E-state index contributed by atoms with van der Waals surface area (Å²) in [5.41, 5.74) is 8.49. The molecule has 0 spiro atoms. The fourth-order valence-corrected chi connectivity index (χ4v) is 1.81. The van der Waals surface area contributed by atoms with E-state index >= 15 is 0 Å². The van der Waals surface area contributed by atoms with Crippen LogP contribution in [-0.4, -0.2) is 19.1 Å². The van der Waals surface area contributed by atoms with Gasteiger partial charge in [0, 0.05) is 12.5 Å². The zero-order valence-corrected chi connectivity index (χ0v) is 11.5. The summed E-state index contributed by atoms with van der Waals surface area (Å²) in [6, 6.07) is 3.97. The van der Waals surface area contributed by atoms with E-state index < -0.39 is 0 Å². The first-order valence-electron chi connectivity index (χ1n) is 6.14. The van der Waals surface area contributed by atoms with Gasteiger partial charge in [-0.2, -0.15) is 0 Å². The van der Waals surface area contributed by atoms with Crippen LogP contribution in [0.3, 0.4) is 0 Å². The van der Waals surface area contributed by atoms with Gasteiger partial charge >= 0.3 is 0 Å². The SMILES string of the molecule is COc1cc(C)cc(C)c1NC(=O)CCC(C)N. The van der Waals surface area contributed by atoms with Crippen LogP contribution in [0.4, 0.5) is 5.69 Å². The summed E-state index contributed by atoms with van der Waals surface area (Å²) < 4.78 is 5.29. The number of nitrogens with one attached hydrogen (secondary N) is 1. The monoisotopic (exact) mass is 250 g/mol. The Bertz CT molecular complexity index is 428. The number of hydrogen-bond acceptors (Lipinski definition) is 3. The van der Waals surface area contributed by atoms with Gasteiger partial charge in [-0.05, 0) is 44.4 Å². The second-order valence-corrected chi connectivity index (χ2v) is 4.72. The Labute approximate surface area is 109 Å². The summed E-state index contributed by atoms with van der Waals surface area (Å²) >= 11 is 0. The largest absolute Gasteiger partial charge is 0.495 e. The first kappa shape index (κ1) is 14.5. The van der Waals surface area contributed by atoms with E-state index in [2.05, 4.69) is 5.32 Å². The summed E-state index contributed by atoms with van der Waals surface area (Å²) in [6.45, 7) is 5.85. The van der Waals surface area contributed by atoms with Crippen molar-refractivity contribution >= 4 is 11.6 Å². The van der Waals surface area contributed by atoms with Crippen molar-refractivity contribution in [3.8, 4) is 5.75 Å². The van der Waals surface area contributed by atoms with Crippen LogP contribution in [0.1, 0.15) is 30.9 Å². The number of rotatable bonds is 5. The highest BCUT2D eigenvalue weighted by Gasteiger charge is 2.11. The molecule has 1 atom stereocenters. The highest BCUT2D eigenvalue weighted by Crippen LogP contribution is 2.29. The molecule has 0 aliphatic heterocycles. The Morgan fingerprint density at radius 2 is 2.11 bits per heavy atom. The Morgan fingerprint density at radius 3 is 2.67 bits per heavy atom. The van der Waals surface area contributed by atoms with Crippen LogP contribution in [0, 0.1) is 13.8 Å². The molecule has 0 heterocycles. The second-order valence-electron chi connectivity index (χ2n) is 4.72. The molecule has 0 bridgehead atoms. The maximum atomic E-state index is 11.8. The highest BCUT2D eigenvalue weighted by molar-refractivity contribution is 5.93. The number of ether oxygens (including phenoxy) is 1. The molecule has 1 aromatic rings. The summed E-state index contributed by atoms with van der Waals surface area (Å²) in [5.74, 6) is 0.666. The molecule has 18 heavy (non-hydrogen) atoms. The smallest absolute Gasteiger partial charge is 0.224 e. The van der Waals surface area contributed by atoms with Crippen molar-refractivity contribution in [3.63, 3.8) is 0 Å². The van der Waals surface area contributed by atoms with E-state index in [1.54, 1.807) is 7.11 Å². The average Bonchev–Trinajstić information content (AvgIpc) is 2.29. The number of carbonyl (C=O) groups excluding carboxylic acids is 1. The summed E-state index contributed by atoms with van der Waals surface area (Å²) in [6.07, 6.45) is 1.10. The van der Waals surface area contributed by atoms with E-state index in [0.717, 1.165) is 16.8 Å². The van der Waals surface area contributed by atoms with Crippen molar-refractivity contribution in [2.75, 3.05) is 12.4 Å². The molecule has 0 saturated heterocycles. The van der Waals surface area contributed by atoms with Gasteiger partial charge in [0.25, 0.3) is 0 Å². The number of methoxy groups -OCH3 is 1. The quantitative estimate of drug-likeness (QED) is 0.843. The second kappa shape index (κ2) is 6.40. The third-order valence-corrected chi connectivity index (χ3v) is 2.75. The van der Waals surface area contributed by atoms with E-state index in [1.807, 2.05) is 32.9 Å². The molecule has 0 aliphatic rings. The minimum Gasteiger partial charge on any atom is -0.495 e. The third-order valence-electron chi connectivity index (χ3n) is 2.75. The molecule has 0 aliphatic carbocycles. The number of benzene rings is 1. The van der Waals surface area contributed by atoms with Crippen LogP contribution in [0.15, 0.2) is 12.1 Å². The van der Waals surface area contributed by atoms with E-state index in [4.69, 9.17) is 10.5 Å². The molecule has 100 valence electrons. The number of aryl methyl sites for hydroxylation is 2. The molecule has 4 heteroatoms. The molecular weight excluding hydrogens is 228 g/mol. The van der Waals surface area contributed by atoms with E-state index in [0.29, 0.717) is 18.6 Å². The number of anilines is 1. The minimum atomic E-state index is -0.0300. The van der Waals surface area contributed by atoms with Crippen molar-refractivity contribution in [1.82, 2.24) is 0 Å². The fraction of sp³-hybridized carbons (Fsp3) is 0.500. The molecule has 0 radical (unpaired) electrons. The number of carbonyl (C=O) groups is 1. The first-order chi connectivity index (χ1) is 8.43. The zero-order valence-electron chi connectivity index (χ0n) is 11.5. The first-order valence-corrected chi connectivity index (χ1v) is 6.14.